The molecule has 0 radical (unpaired) electrons. The van der Waals surface area contributed by atoms with Crippen molar-refractivity contribution in [3.05, 3.63) is 29.8 Å². The minimum absolute atomic E-state index is 0.124. The lowest BCUT2D eigenvalue weighted by Crippen LogP contribution is -2.28. The summed E-state index contributed by atoms with van der Waals surface area (Å²) >= 11 is 0. The quantitative estimate of drug-likeness (QED) is 0.815. The highest BCUT2D eigenvalue weighted by Crippen LogP contribution is 2.18. The molecule has 1 aromatic carbocycles. The monoisotopic (exact) mass is 262 g/mol. The number of nitrogens with zero attached hydrogens (tertiary/aromatic N) is 1. The first-order valence-electron chi connectivity index (χ1n) is 7.15. The van der Waals surface area contributed by atoms with Crippen LogP contribution in [0.25, 0.3) is 0 Å². The van der Waals surface area contributed by atoms with Crippen LogP contribution < -0.4 is 5.32 Å². The first-order chi connectivity index (χ1) is 9.08. The lowest BCUT2D eigenvalue weighted by molar-refractivity contribution is -0.129. The van der Waals surface area contributed by atoms with Crippen LogP contribution in [-0.2, 0) is 11.3 Å². The Balaban J connectivity index is 2.74. The molecule has 1 amide bonds. The summed E-state index contributed by atoms with van der Waals surface area (Å²) in [6.07, 6.45) is 1.17. The lowest BCUT2D eigenvalue weighted by Gasteiger charge is -2.22. The number of benzene rings is 1. The molecular weight excluding hydrogens is 236 g/mol. The zero-order chi connectivity index (χ0) is 14.3. The van der Waals surface area contributed by atoms with E-state index in [4.69, 9.17) is 0 Å². The summed E-state index contributed by atoms with van der Waals surface area (Å²) in [7, 11) is 0. The highest BCUT2D eigenvalue weighted by Gasteiger charge is 2.10. The van der Waals surface area contributed by atoms with Crippen molar-refractivity contribution < 1.29 is 4.79 Å². The van der Waals surface area contributed by atoms with Gasteiger partial charge in [-0.1, -0.05) is 38.5 Å². The average Bonchev–Trinajstić information content (AvgIpc) is 2.42. The second-order valence-electron chi connectivity index (χ2n) is 5.08. The molecule has 0 bridgehead atoms. The fourth-order valence-electron chi connectivity index (χ4n) is 1.91. The molecule has 0 saturated heterocycles. The number of carbonyl (C=O) groups is 1. The molecule has 0 fully saturated rings. The fourth-order valence-corrected chi connectivity index (χ4v) is 1.91. The van der Waals surface area contributed by atoms with Gasteiger partial charge < -0.3 is 10.2 Å². The van der Waals surface area contributed by atoms with Gasteiger partial charge in [-0.05, 0) is 24.5 Å². The Morgan fingerprint density at radius 3 is 2.58 bits per heavy atom. The van der Waals surface area contributed by atoms with E-state index in [0.717, 1.165) is 18.8 Å². The van der Waals surface area contributed by atoms with Gasteiger partial charge >= 0.3 is 0 Å². The molecule has 19 heavy (non-hydrogen) atoms. The number of anilines is 1. The third kappa shape index (κ3) is 4.93. The summed E-state index contributed by atoms with van der Waals surface area (Å²) in [5.41, 5.74) is 2.32. The Kier molecular flexibility index (Phi) is 6.40. The average molecular weight is 262 g/mol. The molecule has 1 rings (SSSR count). The van der Waals surface area contributed by atoms with E-state index >= 15 is 0 Å². The fraction of sp³-hybridized carbons (Fsp3) is 0.562. The highest BCUT2D eigenvalue weighted by atomic mass is 16.2. The molecule has 0 aliphatic heterocycles. The first-order valence-corrected chi connectivity index (χ1v) is 7.15. The van der Waals surface area contributed by atoms with Crippen molar-refractivity contribution in [1.29, 1.82) is 0 Å². The van der Waals surface area contributed by atoms with E-state index in [1.807, 2.05) is 24.0 Å². The van der Waals surface area contributed by atoms with Crippen molar-refractivity contribution in [2.75, 3.05) is 18.4 Å². The van der Waals surface area contributed by atoms with Crippen molar-refractivity contribution in [1.82, 2.24) is 4.90 Å². The molecule has 1 N–H and O–H groups in total. The first kappa shape index (κ1) is 15.5. The summed E-state index contributed by atoms with van der Waals surface area (Å²) in [4.78, 5) is 13.4. The van der Waals surface area contributed by atoms with Crippen molar-refractivity contribution in [3.8, 4) is 0 Å². The van der Waals surface area contributed by atoms with Gasteiger partial charge in [-0.3, -0.25) is 4.79 Å². The molecule has 106 valence electrons. The van der Waals surface area contributed by atoms with Crippen molar-refractivity contribution >= 4 is 11.6 Å². The number of carbonyl (C=O) groups excluding carboxylic acids is 1. The number of hydrogen-bond acceptors (Lipinski definition) is 2. The third-order valence-corrected chi connectivity index (χ3v) is 3.54. The topological polar surface area (TPSA) is 32.3 Å². The van der Waals surface area contributed by atoms with Crippen LogP contribution in [0, 0.1) is 5.92 Å². The van der Waals surface area contributed by atoms with Crippen LogP contribution in [0.1, 0.15) is 39.7 Å². The van der Waals surface area contributed by atoms with E-state index < -0.39 is 0 Å². The summed E-state index contributed by atoms with van der Waals surface area (Å²) in [6.45, 7) is 10.5. The second-order valence-corrected chi connectivity index (χ2v) is 5.08. The van der Waals surface area contributed by atoms with Crippen LogP contribution in [-0.4, -0.2) is 23.9 Å². The van der Waals surface area contributed by atoms with Gasteiger partial charge in [0.25, 0.3) is 0 Å². The summed E-state index contributed by atoms with van der Waals surface area (Å²) < 4.78 is 0. The highest BCUT2D eigenvalue weighted by molar-refractivity contribution is 5.73. The van der Waals surface area contributed by atoms with Crippen LogP contribution in [0.2, 0.25) is 0 Å². The van der Waals surface area contributed by atoms with Gasteiger partial charge in [0.1, 0.15) is 0 Å². The molecule has 3 nitrogen and oxygen atoms in total. The summed E-state index contributed by atoms with van der Waals surface area (Å²) in [6, 6.07) is 8.24. The van der Waals surface area contributed by atoms with Gasteiger partial charge in [0, 0.05) is 32.2 Å². The standard InChI is InChI=1S/C16H26N2O/c1-5-13(3)11-17-16-10-8-7-9-15(16)12-18(6-2)14(4)19/h7-10,13,17H,5-6,11-12H2,1-4H3/t13-/m0/s1. The third-order valence-electron chi connectivity index (χ3n) is 3.54. The Labute approximate surface area is 117 Å². The predicted octanol–water partition coefficient (Wildman–Crippen LogP) is 3.51. The molecule has 1 aromatic rings. The van der Waals surface area contributed by atoms with Crippen molar-refractivity contribution in [2.45, 2.75) is 40.7 Å². The Bertz CT molecular complexity index is 403. The number of hydrogen-bond donors (Lipinski definition) is 1. The maximum atomic E-state index is 11.5. The molecular formula is C16H26N2O. The molecule has 0 spiro atoms. The number of rotatable bonds is 7. The van der Waals surface area contributed by atoms with E-state index in [9.17, 15) is 4.79 Å². The molecule has 0 heterocycles. The van der Waals surface area contributed by atoms with E-state index in [-0.39, 0.29) is 5.91 Å². The molecule has 0 saturated carbocycles. The normalized spacial score (nSPS) is 12.0. The number of amides is 1. The van der Waals surface area contributed by atoms with Gasteiger partial charge in [-0.2, -0.15) is 0 Å². The van der Waals surface area contributed by atoms with Crippen LogP contribution >= 0.6 is 0 Å². The van der Waals surface area contributed by atoms with Crippen LogP contribution in [0.4, 0.5) is 5.69 Å². The van der Waals surface area contributed by atoms with Crippen molar-refractivity contribution in [2.24, 2.45) is 5.92 Å². The summed E-state index contributed by atoms with van der Waals surface area (Å²) in [5.74, 6) is 0.780. The van der Waals surface area contributed by atoms with Crippen LogP contribution in [0.3, 0.4) is 0 Å². The summed E-state index contributed by atoms with van der Waals surface area (Å²) in [5, 5.41) is 3.49. The number of para-hydroxylation sites is 1. The van der Waals surface area contributed by atoms with Gasteiger partial charge in [0.15, 0.2) is 0 Å². The van der Waals surface area contributed by atoms with Gasteiger partial charge in [-0.15, -0.1) is 0 Å². The predicted molar refractivity (Wildman–Crippen MR) is 81.2 cm³/mol. The largest absolute Gasteiger partial charge is 0.385 e. The number of nitrogens with one attached hydrogen (secondary N) is 1. The smallest absolute Gasteiger partial charge is 0.219 e. The van der Waals surface area contributed by atoms with Crippen molar-refractivity contribution in [3.63, 3.8) is 0 Å². The molecule has 3 heteroatoms. The zero-order valence-corrected chi connectivity index (χ0v) is 12.6. The molecule has 0 aliphatic carbocycles. The SMILES string of the molecule is CC[C@H](C)CNc1ccccc1CN(CC)C(C)=O. The molecule has 0 unspecified atom stereocenters. The minimum atomic E-state index is 0.124. The molecule has 0 aromatic heterocycles. The maximum absolute atomic E-state index is 11.5. The lowest BCUT2D eigenvalue weighted by atomic mass is 10.1. The van der Waals surface area contributed by atoms with Gasteiger partial charge in [-0.25, -0.2) is 0 Å². The van der Waals surface area contributed by atoms with Gasteiger partial charge in [0.05, 0.1) is 0 Å². The Morgan fingerprint density at radius 2 is 2.00 bits per heavy atom. The minimum Gasteiger partial charge on any atom is -0.385 e. The van der Waals surface area contributed by atoms with Crippen LogP contribution in [0.5, 0.6) is 0 Å². The van der Waals surface area contributed by atoms with Gasteiger partial charge in [0.2, 0.25) is 5.91 Å². The van der Waals surface area contributed by atoms with E-state index in [0.29, 0.717) is 12.5 Å². The molecule has 0 aliphatic rings. The van der Waals surface area contributed by atoms with E-state index in [2.05, 4.69) is 31.3 Å². The van der Waals surface area contributed by atoms with E-state index in [1.54, 1.807) is 6.92 Å². The Morgan fingerprint density at radius 1 is 1.32 bits per heavy atom. The van der Waals surface area contributed by atoms with Crippen LogP contribution in [0.15, 0.2) is 24.3 Å². The molecule has 1 atom stereocenters. The second kappa shape index (κ2) is 7.82. The Hall–Kier alpha value is -1.51. The van der Waals surface area contributed by atoms with E-state index in [1.165, 1.54) is 12.0 Å². The zero-order valence-electron chi connectivity index (χ0n) is 12.6. The maximum Gasteiger partial charge on any atom is 0.219 e.